The Morgan fingerprint density at radius 2 is 1.89 bits per heavy atom. The zero-order chi connectivity index (χ0) is 13.2. The van der Waals surface area contributed by atoms with Crippen molar-refractivity contribution in [2.75, 3.05) is 18.0 Å². The summed E-state index contributed by atoms with van der Waals surface area (Å²) >= 11 is 0. The molecule has 0 spiro atoms. The van der Waals surface area contributed by atoms with Gasteiger partial charge in [0.25, 0.3) is 0 Å². The van der Waals surface area contributed by atoms with E-state index >= 15 is 0 Å². The molecule has 2 heterocycles. The van der Waals surface area contributed by atoms with Gasteiger partial charge in [0.05, 0.1) is 0 Å². The molecule has 0 radical (unpaired) electrons. The highest BCUT2D eigenvalue weighted by molar-refractivity contribution is 5.57. The van der Waals surface area contributed by atoms with Gasteiger partial charge in [0.2, 0.25) is 0 Å². The van der Waals surface area contributed by atoms with Crippen LogP contribution in [0.15, 0.2) is 54.8 Å². The van der Waals surface area contributed by atoms with Crippen molar-refractivity contribution in [2.24, 2.45) is 0 Å². The maximum Gasteiger partial charge on any atom is 0.133 e. The Morgan fingerprint density at radius 3 is 2.58 bits per heavy atom. The zero-order valence-corrected chi connectivity index (χ0v) is 11.2. The largest absolute Gasteiger partial charge is 0.457 e. The maximum atomic E-state index is 5.95. The summed E-state index contributed by atoms with van der Waals surface area (Å²) < 4.78 is 5.95. The number of nitrogens with zero attached hydrogens (tertiary/aromatic N) is 1. The van der Waals surface area contributed by atoms with Crippen LogP contribution in [0.1, 0.15) is 18.4 Å². The van der Waals surface area contributed by atoms with Crippen molar-refractivity contribution in [3.8, 4) is 5.75 Å². The molecule has 19 heavy (non-hydrogen) atoms. The number of ether oxygens (including phenoxy) is 1. The number of anilines is 1. The van der Waals surface area contributed by atoms with Crippen LogP contribution in [0, 0.1) is 0 Å². The second kappa shape index (κ2) is 4.96. The predicted octanol–water partition coefficient (Wildman–Crippen LogP) is 3.85. The average Bonchev–Trinajstić information content (AvgIpc) is 2.99. The molecule has 0 unspecified atom stereocenters. The van der Waals surface area contributed by atoms with Crippen LogP contribution < -0.4 is 9.64 Å². The van der Waals surface area contributed by atoms with Crippen LogP contribution in [0.4, 0.5) is 5.69 Å². The minimum absolute atomic E-state index is 0.834. The van der Waals surface area contributed by atoms with Gasteiger partial charge in [-0.05, 0) is 36.1 Å². The normalized spacial score (nSPS) is 18.0. The lowest BCUT2D eigenvalue weighted by Gasteiger charge is -2.24. The van der Waals surface area contributed by atoms with Crippen LogP contribution in [-0.4, -0.2) is 13.1 Å². The van der Waals surface area contributed by atoms with Crippen LogP contribution in [0.2, 0.25) is 0 Å². The molecule has 1 aromatic carbocycles. The SMILES string of the molecule is C=CC1=C(C=C)Oc2cc(N3CCCC3)ccc2C1. The summed E-state index contributed by atoms with van der Waals surface area (Å²) in [7, 11) is 0. The van der Waals surface area contributed by atoms with Gasteiger partial charge in [0.1, 0.15) is 11.5 Å². The Kier molecular flexibility index (Phi) is 3.16. The first-order valence-corrected chi connectivity index (χ1v) is 6.85. The quantitative estimate of drug-likeness (QED) is 0.811. The maximum absolute atomic E-state index is 5.95. The molecule has 0 atom stereocenters. The zero-order valence-electron chi connectivity index (χ0n) is 11.2. The molecule has 1 aromatic rings. The fourth-order valence-corrected chi connectivity index (χ4v) is 2.78. The number of rotatable bonds is 3. The van der Waals surface area contributed by atoms with E-state index < -0.39 is 0 Å². The highest BCUT2D eigenvalue weighted by atomic mass is 16.5. The van der Waals surface area contributed by atoms with E-state index in [0.717, 1.165) is 36.6 Å². The van der Waals surface area contributed by atoms with Gasteiger partial charge in [0, 0.05) is 31.3 Å². The minimum Gasteiger partial charge on any atom is -0.457 e. The Hall–Kier alpha value is -1.96. The molecule has 2 aliphatic rings. The van der Waals surface area contributed by atoms with E-state index in [1.165, 1.54) is 24.1 Å². The molecule has 2 aliphatic heterocycles. The summed E-state index contributed by atoms with van der Waals surface area (Å²) in [6, 6.07) is 6.53. The molecule has 0 bridgehead atoms. The van der Waals surface area contributed by atoms with Gasteiger partial charge in [-0.15, -0.1) is 0 Å². The third-order valence-electron chi connectivity index (χ3n) is 3.87. The van der Waals surface area contributed by atoms with Gasteiger partial charge in [0.15, 0.2) is 0 Å². The summed E-state index contributed by atoms with van der Waals surface area (Å²) in [6.07, 6.45) is 7.07. The van der Waals surface area contributed by atoms with Crippen molar-refractivity contribution < 1.29 is 4.74 Å². The summed E-state index contributed by atoms with van der Waals surface area (Å²) in [5, 5.41) is 0. The van der Waals surface area contributed by atoms with Gasteiger partial charge < -0.3 is 9.64 Å². The first kappa shape index (κ1) is 12.1. The molecule has 2 nitrogen and oxygen atoms in total. The topological polar surface area (TPSA) is 12.5 Å². The molecule has 0 aromatic heterocycles. The molecule has 0 saturated carbocycles. The Bertz CT molecular complexity index is 550. The monoisotopic (exact) mass is 253 g/mol. The van der Waals surface area contributed by atoms with Crippen LogP contribution in [-0.2, 0) is 6.42 Å². The molecule has 1 saturated heterocycles. The van der Waals surface area contributed by atoms with Gasteiger partial charge in [-0.3, -0.25) is 0 Å². The lowest BCUT2D eigenvalue weighted by Crippen LogP contribution is -2.18. The van der Waals surface area contributed by atoms with Gasteiger partial charge >= 0.3 is 0 Å². The molecule has 2 heteroatoms. The van der Waals surface area contributed by atoms with E-state index in [0.29, 0.717) is 0 Å². The Labute approximate surface area is 114 Å². The van der Waals surface area contributed by atoms with Gasteiger partial charge in [-0.25, -0.2) is 0 Å². The first-order chi connectivity index (χ1) is 9.31. The molecule has 0 aliphatic carbocycles. The summed E-state index contributed by atoms with van der Waals surface area (Å²) in [5.41, 5.74) is 3.60. The highest BCUT2D eigenvalue weighted by Crippen LogP contribution is 2.35. The number of fused-ring (bicyclic) bond motifs is 1. The summed E-state index contributed by atoms with van der Waals surface area (Å²) in [5.74, 6) is 1.80. The van der Waals surface area contributed by atoms with Crippen LogP contribution >= 0.6 is 0 Å². The number of allylic oxidation sites excluding steroid dienone is 3. The number of hydrogen-bond acceptors (Lipinski definition) is 2. The van der Waals surface area contributed by atoms with Crippen LogP contribution in [0.5, 0.6) is 5.75 Å². The molecular formula is C17H19NO. The molecular weight excluding hydrogens is 234 g/mol. The van der Waals surface area contributed by atoms with E-state index in [1.807, 2.05) is 6.08 Å². The Balaban J connectivity index is 1.92. The molecule has 98 valence electrons. The average molecular weight is 253 g/mol. The van der Waals surface area contributed by atoms with E-state index in [4.69, 9.17) is 4.74 Å². The smallest absolute Gasteiger partial charge is 0.133 e. The Morgan fingerprint density at radius 1 is 1.11 bits per heavy atom. The predicted molar refractivity (Wildman–Crippen MR) is 79.6 cm³/mol. The third-order valence-corrected chi connectivity index (χ3v) is 3.87. The second-order valence-electron chi connectivity index (χ2n) is 5.06. The van der Waals surface area contributed by atoms with Crippen molar-refractivity contribution in [2.45, 2.75) is 19.3 Å². The lowest BCUT2D eigenvalue weighted by atomic mass is 10.00. The molecule has 0 amide bonds. The van der Waals surface area contributed by atoms with Crippen molar-refractivity contribution in [3.63, 3.8) is 0 Å². The van der Waals surface area contributed by atoms with Gasteiger partial charge in [-0.1, -0.05) is 25.3 Å². The van der Waals surface area contributed by atoms with Gasteiger partial charge in [-0.2, -0.15) is 0 Å². The van der Waals surface area contributed by atoms with Crippen molar-refractivity contribution in [3.05, 3.63) is 60.4 Å². The van der Waals surface area contributed by atoms with Crippen LogP contribution in [0.25, 0.3) is 0 Å². The highest BCUT2D eigenvalue weighted by Gasteiger charge is 2.19. The second-order valence-corrected chi connectivity index (χ2v) is 5.06. The van der Waals surface area contributed by atoms with E-state index in [1.54, 1.807) is 6.08 Å². The molecule has 3 rings (SSSR count). The third kappa shape index (κ3) is 2.19. The van der Waals surface area contributed by atoms with E-state index in [9.17, 15) is 0 Å². The first-order valence-electron chi connectivity index (χ1n) is 6.85. The minimum atomic E-state index is 0.834. The van der Waals surface area contributed by atoms with Crippen molar-refractivity contribution in [1.29, 1.82) is 0 Å². The van der Waals surface area contributed by atoms with E-state index in [-0.39, 0.29) is 0 Å². The molecule has 1 fully saturated rings. The summed E-state index contributed by atoms with van der Waals surface area (Å²) in [6.45, 7) is 9.96. The van der Waals surface area contributed by atoms with Crippen molar-refractivity contribution >= 4 is 5.69 Å². The lowest BCUT2D eigenvalue weighted by molar-refractivity contribution is 0.423. The number of benzene rings is 1. The fourth-order valence-electron chi connectivity index (χ4n) is 2.78. The fraction of sp³-hybridized carbons (Fsp3) is 0.294. The van der Waals surface area contributed by atoms with Crippen molar-refractivity contribution in [1.82, 2.24) is 0 Å². The standard InChI is InChI=1S/C17H19NO/c1-3-13-11-14-7-8-15(18-9-5-6-10-18)12-17(14)19-16(13)4-2/h3-4,7-8,12H,1-2,5-6,9-11H2. The van der Waals surface area contributed by atoms with E-state index in [2.05, 4.69) is 36.3 Å². The van der Waals surface area contributed by atoms with Crippen LogP contribution in [0.3, 0.4) is 0 Å². The summed E-state index contributed by atoms with van der Waals surface area (Å²) in [4.78, 5) is 2.42. The number of hydrogen-bond donors (Lipinski definition) is 0. The molecule has 0 N–H and O–H groups in total.